The van der Waals surface area contributed by atoms with Gasteiger partial charge in [0.15, 0.2) is 0 Å². The van der Waals surface area contributed by atoms with Crippen LogP contribution in [0, 0.1) is 0 Å². The highest BCUT2D eigenvalue weighted by molar-refractivity contribution is 9.10. The molecule has 0 saturated heterocycles. The van der Waals surface area contributed by atoms with E-state index in [4.69, 9.17) is 11.6 Å². The number of hydrogen-bond acceptors (Lipinski definition) is 2. The van der Waals surface area contributed by atoms with Gasteiger partial charge in [-0.15, -0.1) is 11.8 Å². The molecule has 2 aromatic rings. The van der Waals surface area contributed by atoms with Crippen LogP contribution < -0.4 is 5.32 Å². The first-order valence-corrected chi connectivity index (χ1v) is 8.80. The number of carbonyl (C=O) groups is 1. The minimum Gasteiger partial charge on any atom is -0.346 e. The summed E-state index contributed by atoms with van der Waals surface area (Å²) in [6.45, 7) is 1.97. The number of thioether (sulfide) groups is 1. The van der Waals surface area contributed by atoms with E-state index in [1.165, 1.54) is 4.90 Å². The van der Waals surface area contributed by atoms with Gasteiger partial charge in [0.2, 0.25) is 0 Å². The Labute approximate surface area is 142 Å². The van der Waals surface area contributed by atoms with Crippen LogP contribution in [-0.2, 0) is 0 Å². The predicted octanol–water partition coefficient (Wildman–Crippen LogP) is 5.32. The summed E-state index contributed by atoms with van der Waals surface area (Å²) < 4.78 is 0.716. The second-order valence-electron chi connectivity index (χ2n) is 4.60. The molecule has 0 aliphatic carbocycles. The summed E-state index contributed by atoms with van der Waals surface area (Å²) in [4.78, 5) is 13.4. The van der Waals surface area contributed by atoms with Gasteiger partial charge in [-0.2, -0.15) is 0 Å². The normalized spacial score (nSPS) is 12.0. The number of carbonyl (C=O) groups excluding carboxylic acids is 1. The van der Waals surface area contributed by atoms with Crippen LogP contribution in [0.15, 0.2) is 51.8 Å². The lowest BCUT2D eigenvalue weighted by Gasteiger charge is -2.15. The van der Waals surface area contributed by atoms with E-state index in [9.17, 15) is 4.79 Å². The lowest BCUT2D eigenvalue weighted by atomic mass is 10.1. The third-order valence-electron chi connectivity index (χ3n) is 3.15. The van der Waals surface area contributed by atoms with Gasteiger partial charge in [-0.05, 0) is 65.0 Å². The molecule has 1 N–H and O–H groups in total. The Bertz CT molecular complexity index is 645. The third kappa shape index (κ3) is 4.25. The van der Waals surface area contributed by atoms with Crippen molar-refractivity contribution in [3.05, 3.63) is 63.1 Å². The van der Waals surface area contributed by atoms with Crippen molar-refractivity contribution in [2.24, 2.45) is 0 Å². The van der Waals surface area contributed by atoms with Gasteiger partial charge in [-0.25, -0.2) is 0 Å². The van der Waals surface area contributed by atoms with E-state index in [0.717, 1.165) is 5.56 Å². The topological polar surface area (TPSA) is 29.1 Å². The molecule has 1 unspecified atom stereocenters. The molecule has 2 aromatic carbocycles. The van der Waals surface area contributed by atoms with Crippen molar-refractivity contribution >= 4 is 45.2 Å². The van der Waals surface area contributed by atoms with Gasteiger partial charge in [0.05, 0.1) is 11.1 Å². The number of amides is 1. The van der Waals surface area contributed by atoms with Crippen molar-refractivity contribution in [3.8, 4) is 0 Å². The summed E-state index contributed by atoms with van der Waals surface area (Å²) in [5, 5.41) is 3.58. The number of benzene rings is 2. The lowest BCUT2D eigenvalue weighted by molar-refractivity contribution is 0.0940. The van der Waals surface area contributed by atoms with Crippen LogP contribution >= 0.6 is 39.3 Å². The highest BCUT2D eigenvalue weighted by atomic mass is 79.9. The molecule has 0 radical (unpaired) electrons. The Hall–Kier alpha value is -0.970. The highest BCUT2D eigenvalue weighted by Gasteiger charge is 2.12. The Kier molecular flexibility index (Phi) is 5.73. The lowest BCUT2D eigenvalue weighted by Crippen LogP contribution is -2.26. The minimum atomic E-state index is -0.117. The molecule has 0 fully saturated rings. The fourth-order valence-electron chi connectivity index (χ4n) is 1.89. The monoisotopic (exact) mass is 383 g/mol. The smallest absolute Gasteiger partial charge is 0.251 e. The van der Waals surface area contributed by atoms with Gasteiger partial charge in [-0.1, -0.05) is 23.7 Å². The van der Waals surface area contributed by atoms with Crippen molar-refractivity contribution in [2.75, 3.05) is 6.26 Å². The average molecular weight is 385 g/mol. The Morgan fingerprint density at radius 1 is 1.24 bits per heavy atom. The summed E-state index contributed by atoms with van der Waals surface area (Å²) in [6.07, 6.45) is 2.04. The molecule has 21 heavy (non-hydrogen) atoms. The molecule has 0 spiro atoms. The first-order valence-electron chi connectivity index (χ1n) is 6.41. The minimum absolute atomic E-state index is 0.0529. The zero-order chi connectivity index (χ0) is 15.4. The first kappa shape index (κ1) is 16.4. The maximum Gasteiger partial charge on any atom is 0.251 e. The summed E-state index contributed by atoms with van der Waals surface area (Å²) >= 11 is 11.0. The maximum absolute atomic E-state index is 12.2. The second-order valence-corrected chi connectivity index (χ2v) is 6.74. The number of halogens is 2. The Morgan fingerprint density at radius 3 is 2.48 bits per heavy atom. The van der Waals surface area contributed by atoms with Crippen molar-refractivity contribution in [2.45, 2.75) is 17.9 Å². The van der Waals surface area contributed by atoms with Gasteiger partial charge >= 0.3 is 0 Å². The zero-order valence-electron chi connectivity index (χ0n) is 11.7. The van der Waals surface area contributed by atoms with E-state index in [0.29, 0.717) is 15.1 Å². The first-order chi connectivity index (χ1) is 10.0. The quantitative estimate of drug-likeness (QED) is 0.723. The van der Waals surface area contributed by atoms with Gasteiger partial charge in [0.1, 0.15) is 0 Å². The molecule has 0 aromatic heterocycles. The summed E-state index contributed by atoms with van der Waals surface area (Å²) in [7, 11) is 0. The SMILES string of the molecule is CSc1ccc(C(C)NC(=O)c2ccc(Cl)c(Br)c2)cc1. The van der Waals surface area contributed by atoms with Crippen molar-refractivity contribution in [1.29, 1.82) is 0 Å². The zero-order valence-corrected chi connectivity index (χ0v) is 14.8. The van der Waals surface area contributed by atoms with E-state index >= 15 is 0 Å². The molecule has 2 rings (SSSR count). The van der Waals surface area contributed by atoms with Gasteiger partial charge < -0.3 is 5.32 Å². The van der Waals surface area contributed by atoms with Gasteiger partial charge in [-0.3, -0.25) is 4.79 Å². The summed E-state index contributed by atoms with van der Waals surface area (Å²) in [6, 6.07) is 13.3. The molecule has 110 valence electrons. The second kappa shape index (κ2) is 7.34. The van der Waals surface area contributed by atoms with E-state index < -0.39 is 0 Å². The maximum atomic E-state index is 12.2. The molecule has 0 heterocycles. The largest absolute Gasteiger partial charge is 0.346 e. The number of rotatable bonds is 4. The number of nitrogens with one attached hydrogen (secondary N) is 1. The molecule has 0 saturated carbocycles. The van der Waals surface area contributed by atoms with Crippen LogP contribution in [0.5, 0.6) is 0 Å². The van der Waals surface area contributed by atoms with E-state index in [-0.39, 0.29) is 11.9 Å². The molecule has 0 bridgehead atoms. The van der Waals surface area contributed by atoms with Crippen LogP contribution in [0.1, 0.15) is 28.9 Å². The molecule has 0 aliphatic rings. The summed E-state index contributed by atoms with van der Waals surface area (Å²) in [5.41, 5.74) is 1.66. The fraction of sp³-hybridized carbons (Fsp3) is 0.188. The molecule has 1 atom stereocenters. The fourth-order valence-corrected chi connectivity index (χ4v) is 2.80. The molecule has 1 amide bonds. The van der Waals surface area contributed by atoms with Crippen LogP contribution in [0.3, 0.4) is 0 Å². The predicted molar refractivity (Wildman–Crippen MR) is 93.3 cm³/mol. The highest BCUT2D eigenvalue weighted by Crippen LogP contribution is 2.24. The Balaban J connectivity index is 2.08. The van der Waals surface area contributed by atoms with Crippen LogP contribution in [0.2, 0.25) is 5.02 Å². The van der Waals surface area contributed by atoms with Crippen molar-refractivity contribution < 1.29 is 4.79 Å². The summed E-state index contributed by atoms with van der Waals surface area (Å²) in [5.74, 6) is -0.117. The van der Waals surface area contributed by atoms with E-state index in [1.54, 1.807) is 30.0 Å². The molecule has 5 heteroatoms. The number of hydrogen-bond donors (Lipinski definition) is 1. The standard InChI is InChI=1S/C16H15BrClNOS/c1-10(11-3-6-13(21-2)7-4-11)19-16(20)12-5-8-15(18)14(17)9-12/h3-10H,1-2H3,(H,19,20). The Morgan fingerprint density at radius 2 is 1.90 bits per heavy atom. The third-order valence-corrected chi connectivity index (χ3v) is 5.10. The van der Waals surface area contributed by atoms with Crippen molar-refractivity contribution in [1.82, 2.24) is 5.32 Å². The van der Waals surface area contributed by atoms with Crippen molar-refractivity contribution in [3.63, 3.8) is 0 Å². The van der Waals surface area contributed by atoms with Gasteiger partial charge in [0, 0.05) is 14.9 Å². The molecule has 2 nitrogen and oxygen atoms in total. The van der Waals surface area contributed by atoms with Crippen LogP contribution in [0.25, 0.3) is 0 Å². The van der Waals surface area contributed by atoms with Crippen LogP contribution in [-0.4, -0.2) is 12.2 Å². The van der Waals surface area contributed by atoms with Gasteiger partial charge in [0.25, 0.3) is 5.91 Å². The molecule has 0 aliphatic heterocycles. The average Bonchev–Trinajstić information content (AvgIpc) is 2.50. The molecular weight excluding hydrogens is 370 g/mol. The van der Waals surface area contributed by atoms with E-state index in [2.05, 4.69) is 33.4 Å². The molecular formula is C16H15BrClNOS. The van der Waals surface area contributed by atoms with E-state index in [1.807, 2.05) is 25.3 Å². The van der Waals surface area contributed by atoms with Crippen LogP contribution in [0.4, 0.5) is 0 Å².